The van der Waals surface area contributed by atoms with E-state index >= 15 is 0 Å². The number of nitrogens with one attached hydrogen (secondary N) is 2. The van der Waals surface area contributed by atoms with Gasteiger partial charge in [0.15, 0.2) is 0 Å². The first-order valence-electron chi connectivity index (χ1n) is 7.87. The third kappa shape index (κ3) is 5.75. The Morgan fingerprint density at radius 2 is 2.04 bits per heavy atom. The van der Waals surface area contributed by atoms with Crippen LogP contribution in [0.2, 0.25) is 0 Å². The summed E-state index contributed by atoms with van der Waals surface area (Å²) in [6.45, 7) is 0.585. The molecule has 1 fully saturated rings. The van der Waals surface area contributed by atoms with Gasteiger partial charge in [0, 0.05) is 37.3 Å². The summed E-state index contributed by atoms with van der Waals surface area (Å²) in [5.41, 5.74) is 1.19. The lowest BCUT2D eigenvalue weighted by atomic mass is 10.1. The van der Waals surface area contributed by atoms with Gasteiger partial charge in [0.2, 0.25) is 5.91 Å². The summed E-state index contributed by atoms with van der Waals surface area (Å²) in [5, 5.41) is 4.95. The van der Waals surface area contributed by atoms with Crippen molar-refractivity contribution in [2.24, 2.45) is 0 Å². The molecule has 0 saturated carbocycles. The van der Waals surface area contributed by atoms with E-state index < -0.39 is 18.6 Å². The molecule has 1 saturated heterocycles. The van der Waals surface area contributed by atoms with Gasteiger partial charge in [0.05, 0.1) is 0 Å². The Morgan fingerprint density at radius 1 is 1.25 bits per heavy atom. The Bertz CT molecular complexity index is 590. The lowest BCUT2D eigenvalue weighted by Crippen LogP contribution is -2.35. The number of anilines is 2. The molecule has 132 valence electrons. The summed E-state index contributed by atoms with van der Waals surface area (Å²) < 4.78 is 36.1. The number of halogens is 3. The number of carbonyl (C=O) groups is 2. The van der Waals surface area contributed by atoms with E-state index in [0.717, 1.165) is 12.8 Å². The average molecular weight is 343 g/mol. The van der Waals surface area contributed by atoms with Crippen molar-refractivity contribution in [3.63, 3.8) is 0 Å². The smallest absolute Gasteiger partial charge is 0.338 e. The van der Waals surface area contributed by atoms with Crippen LogP contribution in [0.3, 0.4) is 0 Å². The highest BCUT2D eigenvalue weighted by atomic mass is 19.4. The van der Waals surface area contributed by atoms with Crippen molar-refractivity contribution in [1.29, 1.82) is 0 Å². The molecule has 0 aromatic heterocycles. The van der Waals surface area contributed by atoms with Crippen LogP contribution >= 0.6 is 0 Å². The van der Waals surface area contributed by atoms with E-state index in [0.29, 0.717) is 24.3 Å². The second kappa shape index (κ2) is 8.03. The molecular weight excluding hydrogens is 323 g/mol. The van der Waals surface area contributed by atoms with Gasteiger partial charge in [-0.05, 0) is 37.5 Å². The van der Waals surface area contributed by atoms with Gasteiger partial charge in [0.1, 0.15) is 0 Å². The fourth-order valence-electron chi connectivity index (χ4n) is 2.50. The molecule has 1 aromatic rings. The summed E-state index contributed by atoms with van der Waals surface area (Å²) >= 11 is 0. The minimum Gasteiger partial charge on any atom is -0.338 e. The predicted molar refractivity (Wildman–Crippen MR) is 85.0 cm³/mol. The van der Waals surface area contributed by atoms with Crippen molar-refractivity contribution in [3.8, 4) is 0 Å². The Kier molecular flexibility index (Phi) is 6.05. The molecule has 1 aromatic carbocycles. The van der Waals surface area contributed by atoms with Gasteiger partial charge in [-0.2, -0.15) is 13.2 Å². The minimum atomic E-state index is -4.21. The summed E-state index contributed by atoms with van der Waals surface area (Å²) in [6, 6.07) is 6.27. The average Bonchev–Trinajstić information content (AvgIpc) is 2.51. The highest BCUT2D eigenvalue weighted by molar-refractivity contribution is 5.95. The first-order chi connectivity index (χ1) is 11.3. The highest BCUT2D eigenvalue weighted by Gasteiger charge is 2.26. The molecule has 1 aliphatic rings. The molecule has 1 heterocycles. The number of piperidine rings is 1. The number of benzene rings is 1. The molecule has 0 radical (unpaired) electrons. The number of alkyl halides is 3. The lowest BCUT2D eigenvalue weighted by molar-refractivity contribution is -0.135. The van der Waals surface area contributed by atoms with Crippen LogP contribution in [-0.2, 0) is 4.79 Å². The maximum atomic E-state index is 12.0. The predicted octanol–water partition coefficient (Wildman–Crippen LogP) is 3.67. The van der Waals surface area contributed by atoms with Crippen molar-refractivity contribution in [2.75, 3.05) is 23.3 Å². The van der Waals surface area contributed by atoms with Gasteiger partial charge in [-0.3, -0.25) is 4.79 Å². The summed E-state index contributed by atoms with van der Waals surface area (Å²) in [7, 11) is 0. The monoisotopic (exact) mass is 343 g/mol. The molecule has 0 aliphatic carbocycles. The minimum absolute atomic E-state index is 0.0509. The van der Waals surface area contributed by atoms with E-state index in [9.17, 15) is 22.8 Å². The van der Waals surface area contributed by atoms with Crippen LogP contribution in [0.25, 0.3) is 0 Å². The van der Waals surface area contributed by atoms with Crippen molar-refractivity contribution >= 4 is 23.3 Å². The van der Waals surface area contributed by atoms with Crippen LogP contribution in [0.4, 0.5) is 29.3 Å². The van der Waals surface area contributed by atoms with E-state index in [1.807, 2.05) is 0 Å². The van der Waals surface area contributed by atoms with E-state index in [2.05, 4.69) is 10.6 Å². The van der Waals surface area contributed by atoms with Crippen LogP contribution < -0.4 is 15.5 Å². The van der Waals surface area contributed by atoms with E-state index in [1.54, 1.807) is 29.2 Å². The molecule has 3 amide bonds. The number of carbonyl (C=O) groups excluding carboxylic acids is 2. The first-order valence-corrected chi connectivity index (χ1v) is 7.87. The van der Waals surface area contributed by atoms with Gasteiger partial charge in [-0.15, -0.1) is 0 Å². The second-order valence-corrected chi connectivity index (χ2v) is 5.65. The fourth-order valence-corrected chi connectivity index (χ4v) is 2.50. The lowest BCUT2D eigenvalue weighted by Gasteiger charge is -2.27. The van der Waals surface area contributed by atoms with E-state index in [1.165, 1.54) is 0 Å². The van der Waals surface area contributed by atoms with Crippen LogP contribution in [-0.4, -0.2) is 31.2 Å². The maximum Gasteiger partial charge on any atom is 0.389 e. The van der Waals surface area contributed by atoms with Gasteiger partial charge in [-0.1, -0.05) is 6.07 Å². The summed E-state index contributed by atoms with van der Waals surface area (Å²) in [5.74, 6) is 0.0509. The third-order valence-corrected chi connectivity index (χ3v) is 3.66. The van der Waals surface area contributed by atoms with Crippen molar-refractivity contribution in [3.05, 3.63) is 24.3 Å². The Labute approximate surface area is 138 Å². The largest absolute Gasteiger partial charge is 0.389 e. The number of amides is 3. The topological polar surface area (TPSA) is 61.4 Å². The first kappa shape index (κ1) is 18.1. The van der Waals surface area contributed by atoms with Gasteiger partial charge in [-0.25, -0.2) is 4.79 Å². The Balaban J connectivity index is 1.85. The standard InChI is InChI=1S/C16H20F3N3O2/c17-16(18,19)8-4-9-20-15(24)21-12-5-3-6-13(11-12)22-10-2-1-7-14(22)23/h3,5-6,11H,1-2,4,7-10H2,(H2,20,21,24). The van der Waals surface area contributed by atoms with Crippen LogP contribution in [0.5, 0.6) is 0 Å². The second-order valence-electron chi connectivity index (χ2n) is 5.65. The molecular formula is C16H20F3N3O2. The van der Waals surface area contributed by atoms with Crippen LogP contribution in [0.1, 0.15) is 32.1 Å². The molecule has 1 aliphatic heterocycles. The Morgan fingerprint density at radius 3 is 2.75 bits per heavy atom. The van der Waals surface area contributed by atoms with Crippen LogP contribution in [0.15, 0.2) is 24.3 Å². The third-order valence-electron chi connectivity index (χ3n) is 3.66. The summed E-state index contributed by atoms with van der Waals surface area (Å²) in [4.78, 5) is 25.3. The van der Waals surface area contributed by atoms with Gasteiger partial charge in [0.25, 0.3) is 0 Å². The normalized spacial score (nSPS) is 15.3. The van der Waals surface area contributed by atoms with Crippen molar-refractivity contribution in [1.82, 2.24) is 5.32 Å². The SMILES string of the molecule is O=C(NCCCC(F)(F)F)Nc1cccc(N2CCCCC2=O)c1. The van der Waals surface area contributed by atoms with Gasteiger partial charge >= 0.3 is 12.2 Å². The molecule has 0 atom stereocenters. The van der Waals surface area contributed by atoms with E-state index in [-0.39, 0.29) is 18.9 Å². The van der Waals surface area contributed by atoms with Gasteiger partial charge < -0.3 is 15.5 Å². The zero-order valence-electron chi connectivity index (χ0n) is 13.2. The molecule has 0 spiro atoms. The van der Waals surface area contributed by atoms with E-state index in [4.69, 9.17) is 0 Å². The molecule has 5 nitrogen and oxygen atoms in total. The molecule has 24 heavy (non-hydrogen) atoms. The maximum absolute atomic E-state index is 12.0. The highest BCUT2D eigenvalue weighted by Crippen LogP contribution is 2.24. The van der Waals surface area contributed by atoms with Crippen molar-refractivity contribution < 1.29 is 22.8 Å². The number of rotatable bonds is 5. The number of nitrogens with zero attached hydrogens (tertiary/aromatic N) is 1. The molecule has 2 N–H and O–H groups in total. The van der Waals surface area contributed by atoms with Crippen molar-refractivity contribution in [2.45, 2.75) is 38.3 Å². The zero-order valence-corrected chi connectivity index (χ0v) is 13.2. The zero-order chi connectivity index (χ0) is 17.6. The molecule has 2 rings (SSSR count). The molecule has 0 unspecified atom stereocenters. The quantitative estimate of drug-likeness (QED) is 0.802. The number of hydrogen-bond donors (Lipinski definition) is 2. The molecule has 8 heteroatoms. The fraction of sp³-hybridized carbons (Fsp3) is 0.500. The summed E-state index contributed by atoms with van der Waals surface area (Å²) in [6.07, 6.45) is -2.99. The Hall–Kier alpha value is -2.25. The number of urea groups is 1. The molecule has 0 bridgehead atoms. The van der Waals surface area contributed by atoms with Crippen LogP contribution in [0, 0.1) is 0 Å². The number of hydrogen-bond acceptors (Lipinski definition) is 2.